The summed E-state index contributed by atoms with van der Waals surface area (Å²) in [6.07, 6.45) is -4.66. The minimum absolute atomic E-state index is 0.363. The fourth-order valence-electron chi connectivity index (χ4n) is 1.55. The van der Waals surface area contributed by atoms with E-state index in [9.17, 15) is 17.6 Å². The van der Waals surface area contributed by atoms with Crippen LogP contribution in [-0.2, 0) is 6.18 Å². The van der Waals surface area contributed by atoms with Gasteiger partial charge in [0.15, 0.2) is 0 Å². The highest BCUT2D eigenvalue weighted by atomic mass is 35.5. The molecular formula is C12H14ClF4N. The van der Waals surface area contributed by atoms with Crippen LogP contribution in [0.5, 0.6) is 0 Å². The van der Waals surface area contributed by atoms with Gasteiger partial charge < -0.3 is 5.73 Å². The Balaban J connectivity index is 3.53. The van der Waals surface area contributed by atoms with Gasteiger partial charge in [-0.2, -0.15) is 13.2 Å². The largest absolute Gasteiger partial charge is 0.416 e. The zero-order chi connectivity index (χ0) is 14.3. The lowest BCUT2D eigenvalue weighted by Gasteiger charge is -2.30. The summed E-state index contributed by atoms with van der Waals surface area (Å²) in [4.78, 5) is 0. The van der Waals surface area contributed by atoms with Crippen LogP contribution in [0.1, 0.15) is 37.9 Å². The molecule has 1 nitrogen and oxygen atoms in total. The molecule has 0 spiro atoms. The average Bonchev–Trinajstić information content (AvgIpc) is 2.17. The Morgan fingerprint density at radius 3 is 2.06 bits per heavy atom. The van der Waals surface area contributed by atoms with Gasteiger partial charge >= 0.3 is 6.18 Å². The second-order valence-corrected chi connectivity index (χ2v) is 5.57. The maximum atomic E-state index is 13.9. The van der Waals surface area contributed by atoms with Gasteiger partial charge in [0, 0.05) is 11.6 Å². The number of hydrogen-bond acceptors (Lipinski definition) is 1. The Hall–Kier alpha value is -0.810. The predicted octanol–water partition coefficient (Wildman–Crippen LogP) is 4.54. The maximum Gasteiger partial charge on any atom is 0.416 e. The van der Waals surface area contributed by atoms with Gasteiger partial charge in [0.25, 0.3) is 0 Å². The van der Waals surface area contributed by atoms with E-state index in [-0.39, 0.29) is 5.02 Å². The molecule has 0 aliphatic carbocycles. The minimum Gasteiger partial charge on any atom is -0.323 e. The molecule has 0 radical (unpaired) electrons. The van der Waals surface area contributed by atoms with Crippen LogP contribution in [0, 0.1) is 11.2 Å². The van der Waals surface area contributed by atoms with E-state index in [2.05, 4.69) is 0 Å². The van der Waals surface area contributed by atoms with Crippen molar-refractivity contribution in [1.82, 2.24) is 0 Å². The van der Waals surface area contributed by atoms with E-state index in [0.717, 1.165) is 12.1 Å². The highest BCUT2D eigenvalue weighted by Crippen LogP contribution is 2.42. The van der Waals surface area contributed by atoms with Crippen molar-refractivity contribution < 1.29 is 17.6 Å². The fourth-order valence-corrected chi connectivity index (χ4v) is 1.72. The van der Waals surface area contributed by atoms with Crippen LogP contribution in [0.4, 0.5) is 17.6 Å². The summed E-state index contributed by atoms with van der Waals surface area (Å²) in [6, 6.07) is 0.540. The van der Waals surface area contributed by atoms with Crippen molar-refractivity contribution in [2.24, 2.45) is 11.1 Å². The molecule has 0 unspecified atom stereocenters. The second kappa shape index (κ2) is 4.70. The van der Waals surface area contributed by atoms with E-state index >= 15 is 0 Å². The first-order chi connectivity index (χ1) is 7.96. The van der Waals surface area contributed by atoms with Gasteiger partial charge in [-0.05, 0) is 17.5 Å². The maximum absolute atomic E-state index is 13.9. The Labute approximate surface area is 108 Å². The molecule has 0 fully saturated rings. The number of halogens is 5. The zero-order valence-corrected chi connectivity index (χ0v) is 11.0. The van der Waals surface area contributed by atoms with Gasteiger partial charge in [-0.25, -0.2) is 4.39 Å². The molecule has 0 heterocycles. The van der Waals surface area contributed by atoms with Gasteiger partial charge in [-0.3, -0.25) is 0 Å². The molecule has 2 N–H and O–H groups in total. The summed E-state index contributed by atoms with van der Waals surface area (Å²) in [6.45, 7) is 4.91. The fraction of sp³-hybridized carbons (Fsp3) is 0.500. The zero-order valence-electron chi connectivity index (χ0n) is 10.2. The molecule has 0 aromatic heterocycles. The Bertz CT molecular complexity index is 449. The van der Waals surface area contributed by atoms with Crippen molar-refractivity contribution in [1.29, 1.82) is 0 Å². The lowest BCUT2D eigenvalue weighted by molar-refractivity contribution is -0.138. The van der Waals surface area contributed by atoms with Crippen LogP contribution >= 0.6 is 11.6 Å². The number of benzene rings is 1. The first-order valence-electron chi connectivity index (χ1n) is 5.27. The van der Waals surface area contributed by atoms with Crippen LogP contribution in [0.2, 0.25) is 5.02 Å². The summed E-state index contributed by atoms with van der Waals surface area (Å²) in [7, 11) is 0. The Morgan fingerprint density at radius 1 is 1.17 bits per heavy atom. The molecular weight excluding hydrogens is 270 g/mol. The van der Waals surface area contributed by atoms with Gasteiger partial charge in [-0.15, -0.1) is 0 Å². The number of alkyl halides is 3. The molecule has 0 aliphatic rings. The van der Waals surface area contributed by atoms with E-state index in [1.807, 2.05) is 0 Å². The molecule has 0 amide bonds. The number of hydrogen-bond donors (Lipinski definition) is 1. The Kier molecular flexibility index (Phi) is 3.98. The van der Waals surface area contributed by atoms with Crippen molar-refractivity contribution >= 4 is 11.6 Å². The molecule has 102 valence electrons. The molecule has 0 bridgehead atoms. The molecule has 1 atom stereocenters. The van der Waals surface area contributed by atoms with Crippen LogP contribution in [0.3, 0.4) is 0 Å². The van der Waals surface area contributed by atoms with Crippen molar-refractivity contribution in [2.75, 3.05) is 0 Å². The number of rotatable bonds is 1. The summed E-state index contributed by atoms with van der Waals surface area (Å²) >= 11 is 5.53. The van der Waals surface area contributed by atoms with Crippen molar-refractivity contribution in [3.63, 3.8) is 0 Å². The number of nitrogens with two attached hydrogens (primary N) is 1. The first-order valence-corrected chi connectivity index (χ1v) is 5.64. The topological polar surface area (TPSA) is 26.0 Å². The quantitative estimate of drug-likeness (QED) is 0.752. The van der Waals surface area contributed by atoms with Crippen molar-refractivity contribution in [3.05, 3.63) is 34.1 Å². The molecule has 1 aromatic rings. The van der Waals surface area contributed by atoms with E-state index in [0.29, 0.717) is 0 Å². The van der Waals surface area contributed by atoms with Crippen molar-refractivity contribution in [3.8, 4) is 0 Å². The second-order valence-electron chi connectivity index (χ2n) is 5.16. The molecule has 18 heavy (non-hydrogen) atoms. The molecule has 1 aromatic carbocycles. The Morgan fingerprint density at radius 2 is 1.67 bits per heavy atom. The third-order valence-electron chi connectivity index (χ3n) is 2.68. The molecule has 6 heteroatoms. The summed E-state index contributed by atoms with van der Waals surface area (Å²) in [5.74, 6) is -1.10. The lowest BCUT2D eigenvalue weighted by atomic mass is 9.81. The van der Waals surface area contributed by atoms with Gasteiger partial charge in [-0.1, -0.05) is 32.4 Å². The summed E-state index contributed by atoms with van der Waals surface area (Å²) < 4.78 is 52.4. The van der Waals surface area contributed by atoms with Crippen molar-refractivity contribution in [2.45, 2.75) is 33.0 Å². The lowest BCUT2D eigenvalue weighted by Crippen LogP contribution is -2.30. The highest BCUT2D eigenvalue weighted by Gasteiger charge is 2.39. The third kappa shape index (κ3) is 2.95. The normalized spacial score (nSPS) is 14.7. The van der Waals surface area contributed by atoms with Crippen LogP contribution in [-0.4, -0.2) is 0 Å². The monoisotopic (exact) mass is 283 g/mol. The van der Waals surface area contributed by atoms with Gasteiger partial charge in [0.05, 0.1) is 10.6 Å². The van der Waals surface area contributed by atoms with Crippen LogP contribution in [0.25, 0.3) is 0 Å². The van der Waals surface area contributed by atoms with E-state index in [1.54, 1.807) is 20.8 Å². The molecule has 0 aliphatic heterocycles. The SMILES string of the molecule is CC(C)(C)[C@H](N)c1c(C(F)(F)F)ccc(Cl)c1F. The third-order valence-corrected chi connectivity index (χ3v) is 2.97. The summed E-state index contributed by atoms with van der Waals surface area (Å²) in [5.41, 5.74) is 3.37. The molecule has 0 saturated heterocycles. The highest BCUT2D eigenvalue weighted by molar-refractivity contribution is 6.30. The smallest absolute Gasteiger partial charge is 0.323 e. The summed E-state index contributed by atoms with van der Waals surface area (Å²) in [5, 5.41) is -0.363. The van der Waals surface area contributed by atoms with Crippen LogP contribution in [0.15, 0.2) is 12.1 Å². The molecule has 0 saturated carbocycles. The minimum atomic E-state index is -4.66. The predicted molar refractivity (Wildman–Crippen MR) is 62.8 cm³/mol. The van der Waals surface area contributed by atoms with Crippen LogP contribution < -0.4 is 5.73 Å². The standard InChI is InChI=1S/C12H14ClF4N/c1-11(2,3)10(18)8-6(12(15,16)17)4-5-7(13)9(8)14/h4-5,10H,18H2,1-3H3/t10-/m1/s1. The average molecular weight is 284 g/mol. The first kappa shape index (κ1) is 15.2. The van der Waals surface area contributed by atoms with E-state index < -0.39 is 34.6 Å². The van der Waals surface area contributed by atoms with Gasteiger partial charge in [0.1, 0.15) is 5.82 Å². The van der Waals surface area contributed by atoms with E-state index in [1.165, 1.54) is 0 Å². The van der Waals surface area contributed by atoms with E-state index in [4.69, 9.17) is 17.3 Å². The van der Waals surface area contributed by atoms with Gasteiger partial charge in [0.2, 0.25) is 0 Å². The molecule has 1 rings (SSSR count).